The average Bonchev–Trinajstić information content (AvgIpc) is 2.93. The Balaban J connectivity index is 0.00000200. The van der Waals surface area contributed by atoms with Gasteiger partial charge in [-0.2, -0.15) is 10.2 Å². The number of hydrogen-bond acceptors (Lipinski definition) is 5. The largest absolute Gasteiger partial charge is 0.363 e. The van der Waals surface area contributed by atoms with E-state index in [0.29, 0.717) is 0 Å². The molecule has 1 N–H and O–H groups in total. The van der Waals surface area contributed by atoms with E-state index in [1.54, 1.807) is 12.7 Å². The molecule has 112 valence electrons. The van der Waals surface area contributed by atoms with E-state index >= 15 is 0 Å². The van der Waals surface area contributed by atoms with Crippen LogP contribution in [-0.2, 0) is 20.1 Å². The van der Waals surface area contributed by atoms with Crippen LogP contribution in [0.5, 0.6) is 0 Å². The number of nitrogens with zero attached hydrogens (tertiary/aromatic N) is 6. The van der Waals surface area contributed by atoms with E-state index in [1.807, 2.05) is 37.4 Å². The number of nitrogens with one attached hydrogen (secondary N) is 1. The molecule has 0 unspecified atom stereocenters. The summed E-state index contributed by atoms with van der Waals surface area (Å²) in [6, 6.07) is 0. The van der Waals surface area contributed by atoms with Gasteiger partial charge < -0.3 is 10.2 Å². The highest BCUT2D eigenvalue weighted by Gasteiger charge is 2.14. The smallest absolute Gasteiger partial charge is 0.137 e. The molecule has 0 fully saturated rings. The lowest BCUT2D eigenvalue weighted by Crippen LogP contribution is -2.22. The van der Waals surface area contributed by atoms with Crippen molar-refractivity contribution in [3.05, 3.63) is 23.9 Å². The van der Waals surface area contributed by atoms with Crippen molar-refractivity contribution in [3.8, 4) is 0 Å². The minimum Gasteiger partial charge on any atom is -0.363 e. The number of aryl methyl sites for hydroxylation is 2. The van der Waals surface area contributed by atoms with Crippen LogP contribution in [0.4, 0.5) is 5.82 Å². The highest BCUT2D eigenvalue weighted by molar-refractivity contribution is 5.85. The molecule has 0 aliphatic carbocycles. The standard InChI is InChI=1S/C12H21N7.ClH/c1-10-11(12(17(2)3)18(4)16-10)7-13-5-6-19-9-14-8-15-19;/h8-9,13H,5-7H2,1-4H3;1H. The molecule has 2 aromatic heterocycles. The third kappa shape index (κ3) is 3.71. The van der Waals surface area contributed by atoms with Crippen LogP contribution < -0.4 is 10.2 Å². The number of hydrogen-bond donors (Lipinski definition) is 1. The Bertz CT molecular complexity index is 518. The second kappa shape index (κ2) is 7.25. The van der Waals surface area contributed by atoms with Crippen LogP contribution in [0.1, 0.15) is 11.3 Å². The van der Waals surface area contributed by atoms with Crippen LogP contribution in [0.3, 0.4) is 0 Å². The van der Waals surface area contributed by atoms with Gasteiger partial charge in [-0.25, -0.2) is 4.98 Å². The minimum absolute atomic E-state index is 0. The molecule has 0 saturated heterocycles. The predicted molar refractivity (Wildman–Crippen MR) is 81.2 cm³/mol. The number of halogens is 1. The van der Waals surface area contributed by atoms with Crippen LogP contribution in [0.15, 0.2) is 12.7 Å². The van der Waals surface area contributed by atoms with Crippen molar-refractivity contribution in [2.45, 2.75) is 20.0 Å². The summed E-state index contributed by atoms with van der Waals surface area (Å²) >= 11 is 0. The molecule has 0 amide bonds. The molecule has 20 heavy (non-hydrogen) atoms. The van der Waals surface area contributed by atoms with Crippen molar-refractivity contribution in [3.63, 3.8) is 0 Å². The van der Waals surface area contributed by atoms with Gasteiger partial charge in [-0.1, -0.05) is 0 Å². The van der Waals surface area contributed by atoms with Crippen molar-refractivity contribution in [1.29, 1.82) is 0 Å². The third-order valence-electron chi connectivity index (χ3n) is 3.02. The van der Waals surface area contributed by atoms with Gasteiger partial charge in [0.15, 0.2) is 0 Å². The first-order chi connectivity index (χ1) is 9.09. The van der Waals surface area contributed by atoms with Crippen molar-refractivity contribution in [2.24, 2.45) is 7.05 Å². The van der Waals surface area contributed by atoms with Gasteiger partial charge in [0, 0.05) is 39.8 Å². The van der Waals surface area contributed by atoms with E-state index in [2.05, 4.69) is 25.4 Å². The summed E-state index contributed by atoms with van der Waals surface area (Å²) in [6.45, 7) is 4.52. The molecule has 7 nitrogen and oxygen atoms in total. The first-order valence-electron chi connectivity index (χ1n) is 6.32. The van der Waals surface area contributed by atoms with E-state index in [1.165, 1.54) is 5.56 Å². The monoisotopic (exact) mass is 299 g/mol. The van der Waals surface area contributed by atoms with E-state index in [-0.39, 0.29) is 12.4 Å². The summed E-state index contributed by atoms with van der Waals surface area (Å²) in [5.41, 5.74) is 2.31. The van der Waals surface area contributed by atoms with Gasteiger partial charge in [0.25, 0.3) is 0 Å². The fourth-order valence-electron chi connectivity index (χ4n) is 2.21. The first kappa shape index (κ1) is 16.5. The summed E-state index contributed by atoms with van der Waals surface area (Å²) < 4.78 is 3.74. The van der Waals surface area contributed by atoms with E-state index < -0.39 is 0 Å². The molecule has 0 spiro atoms. The van der Waals surface area contributed by atoms with Crippen molar-refractivity contribution in [2.75, 3.05) is 25.5 Å². The molecule has 0 bridgehead atoms. The summed E-state index contributed by atoms with van der Waals surface area (Å²) in [5.74, 6) is 1.14. The molecule has 2 rings (SSSR count). The lowest BCUT2D eigenvalue weighted by Gasteiger charge is -2.15. The van der Waals surface area contributed by atoms with Gasteiger partial charge in [0.05, 0.1) is 12.2 Å². The molecule has 2 aromatic rings. The predicted octanol–water partition coefficient (Wildman–Crippen LogP) is 0.598. The summed E-state index contributed by atoms with van der Waals surface area (Å²) in [7, 11) is 6.05. The Morgan fingerprint density at radius 1 is 1.35 bits per heavy atom. The van der Waals surface area contributed by atoms with Gasteiger partial charge >= 0.3 is 0 Å². The van der Waals surface area contributed by atoms with Crippen LogP contribution >= 0.6 is 12.4 Å². The molecule has 0 radical (unpaired) electrons. The Kier molecular flexibility index (Phi) is 5.97. The van der Waals surface area contributed by atoms with Gasteiger partial charge in [0.1, 0.15) is 18.5 Å². The van der Waals surface area contributed by atoms with Gasteiger partial charge in [0.2, 0.25) is 0 Å². The first-order valence-corrected chi connectivity index (χ1v) is 6.32. The fourth-order valence-corrected chi connectivity index (χ4v) is 2.21. The van der Waals surface area contributed by atoms with E-state index in [4.69, 9.17) is 0 Å². The molecule has 0 aromatic carbocycles. The van der Waals surface area contributed by atoms with Crippen LogP contribution in [0.25, 0.3) is 0 Å². The maximum absolute atomic E-state index is 4.47. The molecule has 0 aliphatic rings. The normalized spacial score (nSPS) is 10.4. The Morgan fingerprint density at radius 2 is 2.10 bits per heavy atom. The second-order valence-corrected chi connectivity index (χ2v) is 4.74. The molecular formula is C12H22ClN7. The van der Waals surface area contributed by atoms with Gasteiger partial charge in [-0.15, -0.1) is 12.4 Å². The van der Waals surface area contributed by atoms with Crippen molar-refractivity contribution < 1.29 is 0 Å². The lowest BCUT2D eigenvalue weighted by molar-refractivity contribution is 0.553. The molecule has 2 heterocycles. The SMILES string of the molecule is Cc1nn(C)c(N(C)C)c1CNCCn1cncn1.Cl. The zero-order valence-electron chi connectivity index (χ0n) is 12.4. The number of anilines is 1. The average molecular weight is 300 g/mol. The quantitative estimate of drug-likeness (QED) is 0.791. The number of aromatic nitrogens is 5. The molecular weight excluding hydrogens is 278 g/mol. The van der Waals surface area contributed by atoms with Crippen molar-refractivity contribution in [1.82, 2.24) is 29.9 Å². The van der Waals surface area contributed by atoms with E-state index in [0.717, 1.165) is 31.1 Å². The Hall–Kier alpha value is -1.60. The third-order valence-corrected chi connectivity index (χ3v) is 3.02. The minimum atomic E-state index is 0. The fraction of sp³-hybridized carbons (Fsp3) is 0.583. The van der Waals surface area contributed by atoms with Crippen LogP contribution in [-0.4, -0.2) is 45.2 Å². The topological polar surface area (TPSA) is 63.8 Å². The molecule has 8 heteroatoms. The lowest BCUT2D eigenvalue weighted by atomic mass is 10.2. The Morgan fingerprint density at radius 3 is 2.70 bits per heavy atom. The van der Waals surface area contributed by atoms with Crippen molar-refractivity contribution >= 4 is 18.2 Å². The molecule has 0 atom stereocenters. The maximum Gasteiger partial charge on any atom is 0.137 e. The van der Waals surface area contributed by atoms with E-state index in [9.17, 15) is 0 Å². The highest BCUT2D eigenvalue weighted by Crippen LogP contribution is 2.20. The molecule has 0 saturated carbocycles. The summed E-state index contributed by atoms with van der Waals surface area (Å²) in [4.78, 5) is 6.01. The molecule has 0 aliphatic heterocycles. The van der Waals surface area contributed by atoms with Crippen LogP contribution in [0, 0.1) is 6.92 Å². The van der Waals surface area contributed by atoms with Gasteiger partial charge in [-0.3, -0.25) is 9.36 Å². The Labute approximate surface area is 125 Å². The zero-order chi connectivity index (χ0) is 13.8. The maximum atomic E-state index is 4.47. The summed E-state index contributed by atoms with van der Waals surface area (Å²) in [5, 5.41) is 12.0. The zero-order valence-corrected chi connectivity index (χ0v) is 13.2. The van der Waals surface area contributed by atoms with Gasteiger partial charge in [-0.05, 0) is 6.92 Å². The number of rotatable bonds is 6. The van der Waals surface area contributed by atoms with Crippen LogP contribution in [0.2, 0.25) is 0 Å². The highest BCUT2D eigenvalue weighted by atomic mass is 35.5. The second-order valence-electron chi connectivity index (χ2n) is 4.74. The summed E-state index contributed by atoms with van der Waals surface area (Å²) in [6.07, 6.45) is 3.28.